The second-order valence-electron chi connectivity index (χ2n) is 5.59. The standard InChI is InChI=1S/C17H16N2O7S/c18-27(22,23)12-5-3-4-11(8-12)19-16(20)10-25-17(21)15-9-24-13-6-1-2-7-14(13)26-15/h1-8,15H,9-10H2,(H,19,20)(H2,18,22,23)/t15-/m1/s1. The van der Waals surface area contributed by atoms with Crippen LogP contribution in [-0.4, -0.2) is 39.6 Å². The third-order valence-corrected chi connectivity index (χ3v) is 4.47. The number of rotatable bonds is 5. The molecule has 0 bridgehead atoms. The van der Waals surface area contributed by atoms with E-state index in [2.05, 4.69) is 5.32 Å². The van der Waals surface area contributed by atoms with Crippen molar-refractivity contribution in [3.63, 3.8) is 0 Å². The molecule has 1 heterocycles. The van der Waals surface area contributed by atoms with E-state index in [1.165, 1.54) is 24.3 Å². The molecule has 1 atom stereocenters. The summed E-state index contributed by atoms with van der Waals surface area (Å²) >= 11 is 0. The van der Waals surface area contributed by atoms with Gasteiger partial charge in [-0.15, -0.1) is 0 Å². The van der Waals surface area contributed by atoms with Crippen LogP contribution in [0.2, 0.25) is 0 Å². The lowest BCUT2D eigenvalue weighted by molar-refractivity contribution is -0.156. The van der Waals surface area contributed by atoms with Gasteiger partial charge in [-0.2, -0.15) is 0 Å². The van der Waals surface area contributed by atoms with Gasteiger partial charge >= 0.3 is 5.97 Å². The summed E-state index contributed by atoms with van der Waals surface area (Å²) in [5.41, 5.74) is 0.203. The number of nitrogens with two attached hydrogens (primary N) is 1. The molecule has 0 spiro atoms. The minimum Gasteiger partial charge on any atom is -0.485 e. The number of hydrogen-bond acceptors (Lipinski definition) is 7. The first kappa shape index (κ1) is 18.7. The molecule has 2 aromatic rings. The molecular weight excluding hydrogens is 376 g/mol. The zero-order valence-electron chi connectivity index (χ0n) is 14.0. The van der Waals surface area contributed by atoms with Crippen molar-refractivity contribution in [1.29, 1.82) is 0 Å². The fourth-order valence-electron chi connectivity index (χ4n) is 2.31. The van der Waals surface area contributed by atoms with Crippen LogP contribution in [0, 0.1) is 0 Å². The molecule has 9 nitrogen and oxygen atoms in total. The number of benzene rings is 2. The Hall–Kier alpha value is -3.11. The van der Waals surface area contributed by atoms with Gasteiger partial charge in [0.15, 0.2) is 18.1 Å². The van der Waals surface area contributed by atoms with Gasteiger partial charge < -0.3 is 19.5 Å². The van der Waals surface area contributed by atoms with E-state index in [0.29, 0.717) is 11.5 Å². The molecule has 10 heteroatoms. The molecule has 3 rings (SSSR count). The molecule has 0 aromatic heterocycles. The lowest BCUT2D eigenvalue weighted by Gasteiger charge is -2.24. The molecule has 142 valence electrons. The van der Waals surface area contributed by atoms with Crippen molar-refractivity contribution in [2.45, 2.75) is 11.0 Å². The quantitative estimate of drug-likeness (QED) is 0.714. The van der Waals surface area contributed by atoms with E-state index in [4.69, 9.17) is 19.3 Å². The van der Waals surface area contributed by atoms with E-state index in [0.717, 1.165) is 0 Å². The molecule has 1 amide bonds. The summed E-state index contributed by atoms with van der Waals surface area (Å²) in [4.78, 5) is 23.8. The highest BCUT2D eigenvalue weighted by Gasteiger charge is 2.29. The number of sulfonamides is 1. The van der Waals surface area contributed by atoms with Crippen molar-refractivity contribution in [2.75, 3.05) is 18.5 Å². The van der Waals surface area contributed by atoms with E-state index in [9.17, 15) is 18.0 Å². The first-order chi connectivity index (χ1) is 12.8. The average molecular weight is 392 g/mol. The summed E-state index contributed by atoms with van der Waals surface area (Å²) in [5.74, 6) is -0.464. The van der Waals surface area contributed by atoms with Crippen molar-refractivity contribution in [1.82, 2.24) is 0 Å². The van der Waals surface area contributed by atoms with Gasteiger partial charge in [0.05, 0.1) is 4.90 Å². The molecule has 0 fully saturated rings. The number of amides is 1. The molecule has 2 aromatic carbocycles. The molecule has 0 radical (unpaired) electrons. The summed E-state index contributed by atoms with van der Waals surface area (Å²) < 4.78 is 38.5. The number of nitrogens with one attached hydrogen (secondary N) is 1. The maximum Gasteiger partial charge on any atom is 0.351 e. The van der Waals surface area contributed by atoms with Crippen molar-refractivity contribution < 1.29 is 32.2 Å². The number of primary sulfonamides is 1. The Kier molecular flexibility index (Phi) is 5.28. The first-order valence-electron chi connectivity index (χ1n) is 7.81. The minimum atomic E-state index is -3.89. The zero-order chi connectivity index (χ0) is 19.4. The molecule has 1 aliphatic rings. The first-order valence-corrected chi connectivity index (χ1v) is 9.35. The highest BCUT2D eigenvalue weighted by atomic mass is 32.2. The third-order valence-electron chi connectivity index (χ3n) is 3.56. The van der Waals surface area contributed by atoms with E-state index in [1.54, 1.807) is 24.3 Å². The molecule has 0 unspecified atom stereocenters. The SMILES string of the molecule is NS(=O)(=O)c1cccc(NC(=O)COC(=O)[C@H]2COc3ccccc3O2)c1. The fraction of sp³-hybridized carbons (Fsp3) is 0.176. The van der Waals surface area contributed by atoms with E-state index < -0.39 is 34.6 Å². The maximum absolute atomic E-state index is 12.0. The van der Waals surface area contributed by atoms with Crippen molar-refractivity contribution in [3.05, 3.63) is 48.5 Å². The van der Waals surface area contributed by atoms with Crippen molar-refractivity contribution >= 4 is 27.6 Å². The number of carbonyl (C=O) groups is 2. The van der Waals surface area contributed by atoms with E-state index in [-0.39, 0.29) is 17.2 Å². The summed E-state index contributed by atoms with van der Waals surface area (Å²) in [7, 11) is -3.89. The molecule has 0 saturated carbocycles. The monoisotopic (exact) mass is 392 g/mol. The lowest BCUT2D eigenvalue weighted by Crippen LogP contribution is -2.39. The summed E-state index contributed by atoms with van der Waals surface area (Å²) in [5, 5.41) is 7.46. The molecule has 27 heavy (non-hydrogen) atoms. The van der Waals surface area contributed by atoms with Gasteiger partial charge in [-0.3, -0.25) is 4.79 Å². The number of esters is 1. The number of fused-ring (bicyclic) bond motifs is 1. The van der Waals surface area contributed by atoms with Crippen molar-refractivity contribution in [2.24, 2.45) is 5.14 Å². The summed E-state index contributed by atoms with van der Waals surface area (Å²) in [6, 6.07) is 12.3. The molecule has 3 N–H and O–H groups in total. The topological polar surface area (TPSA) is 134 Å². The lowest BCUT2D eigenvalue weighted by atomic mass is 10.2. The Morgan fingerprint density at radius 1 is 1.15 bits per heavy atom. The summed E-state index contributed by atoms with van der Waals surface area (Å²) in [6.07, 6.45) is -0.988. The van der Waals surface area contributed by atoms with Gasteiger partial charge in [-0.1, -0.05) is 18.2 Å². The average Bonchev–Trinajstić information content (AvgIpc) is 2.65. The second kappa shape index (κ2) is 7.64. The number of para-hydroxylation sites is 2. The van der Waals surface area contributed by atoms with Crippen LogP contribution in [0.15, 0.2) is 53.4 Å². The number of hydrogen-bond donors (Lipinski definition) is 2. The zero-order valence-corrected chi connectivity index (χ0v) is 14.8. The molecule has 0 aliphatic carbocycles. The van der Waals surface area contributed by atoms with Crippen LogP contribution in [0.3, 0.4) is 0 Å². The van der Waals surface area contributed by atoms with Crippen LogP contribution in [0.4, 0.5) is 5.69 Å². The van der Waals surface area contributed by atoms with Crippen LogP contribution < -0.4 is 19.9 Å². The Labute approximate surface area is 155 Å². The Morgan fingerprint density at radius 2 is 1.89 bits per heavy atom. The largest absolute Gasteiger partial charge is 0.485 e. The van der Waals surface area contributed by atoms with Crippen molar-refractivity contribution in [3.8, 4) is 11.5 Å². The van der Waals surface area contributed by atoms with Crippen LogP contribution in [0.1, 0.15) is 0 Å². The van der Waals surface area contributed by atoms with Crippen LogP contribution >= 0.6 is 0 Å². The van der Waals surface area contributed by atoms with Gasteiger partial charge in [0.2, 0.25) is 16.1 Å². The Morgan fingerprint density at radius 3 is 2.63 bits per heavy atom. The smallest absolute Gasteiger partial charge is 0.351 e. The Balaban J connectivity index is 1.53. The van der Waals surface area contributed by atoms with Crippen LogP contribution in [0.5, 0.6) is 11.5 Å². The third kappa shape index (κ3) is 4.74. The van der Waals surface area contributed by atoms with E-state index >= 15 is 0 Å². The van der Waals surface area contributed by atoms with Crippen LogP contribution in [0.25, 0.3) is 0 Å². The predicted octanol–water partition coefficient (Wildman–Crippen LogP) is 0.656. The normalized spacial score (nSPS) is 15.7. The highest BCUT2D eigenvalue weighted by molar-refractivity contribution is 7.89. The van der Waals surface area contributed by atoms with E-state index in [1.807, 2.05) is 0 Å². The molecule has 0 saturated heterocycles. The second-order valence-corrected chi connectivity index (χ2v) is 7.15. The minimum absolute atomic E-state index is 0.0339. The van der Waals surface area contributed by atoms with Gasteiger partial charge in [0.25, 0.3) is 5.91 Å². The van der Waals surface area contributed by atoms with Crippen LogP contribution in [-0.2, 0) is 24.3 Å². The van der Waals surface area contributed by atoms with Gasteiger partial charge in [-0.25, -0.2) is 18.4 Å². The Bertz CT molecular complexity index is 975. The van der Waals surface area contributed by atoms with Gasteiger partial charge in [-0.05, 0) is 30.3 Å². The summed E-state index contributed by atoms with van der Waals surface area (Å²) in [6.45, 7) is -0.603. The predicted molar refractivity (Wildman–Crippen MR) is 93.8 cm³/mol. The van der Waals surface area contributed by atoms with Gasteiger partial charge in [0.1, 0.15) is 6.61 Å². The molecule has 1 aliphatic heterocycles. The number of carbonyl (C=O) groups excluding carboxylic acids is 2. The number of ether oxygens (including phenoxy) is 3. The van der Waals surface area contributed by atoms with Gasteiger partial charge in [0, 0.05) is 5.69 Å². The molecular formula is C17H16N2O7S. The maximum atomic E-state index is 12.0. The highest BCUT2D eigenvalue weighted by Crippen LogP contribution is 2.31. The fourth-order valence-corrected chi connectivity index (χ4v) is 2.87. The number of anilines is 1.